The molecule has 0 aromatic heterocycles. The van der Waals surface area contributed by atoms with Crippen molar-refractivity contribution < 1.29 is 36.8 Å². The van der Waals surface area contributed by atoms with E-state index in [1.54, 1.807) is 20.8 Å². The molecule has 0 rings (SSSR count). The van der Waals surface area contributed by atoms with Gasteiger partial charge in [0.05, 0.1) is 12.6 Å². The molecule has 0 saturated heterocycles. The number of hydrogen-bond acceptors (Lipinski definition) is 8. The molecule has 1 amide bonds. The van der Waals surface area contributed by atoms with Crippen molar-refractivity contribution in [3.63, 3.8) is 0 Å². The van der Waals surface area contributed by atoms with E-state index in [2.05, 4.69) is 132 Å². The van der Waals surface area contributed by atoms with Crippen molar-refractivity contribution in [2.24, 2.45) is 17.8 Å². The van der Waals surface area contributed by atoms with Gasteiger partial charge in [-0.2, -0.15) is 0 Å². The van der Waals surface area contributed by atoms with Crippen molar-refractivity contribution in [2.75, 3.05) is 33.0 Å². The van der Waals surface area contributed by atoms with Crippen molar-refractivity contribution in [3.05, 3.63) is 24.3 Å². The summed E-state index contributed by atoms with van der Waals surface area (Å²) in [7, 11) is -8.88. The molecule has 0 spiro atoms. The van der Waals surface area contributed by atoms with Crippen molar-refractivity contribution in [1.29, 1.82) is 0 Å². The van der Waals surface area contributed by atoms with Gasteiger partial charge in [0.1, 0.15) is 0 Å². The minimum absolute atomic E-state index is 0. The lowest BCUT2D eigenvalue weighted by Crippen LogP contribution is -2.49. The van der Waals surface area contributed by atoms with Gasteiger partial charge in [0.2, 0.25) is 5.91 Å². The Morgan fingerprint density at radius 2 is 0.875 bits per heavy atom. The van der Waals surface area contributed by atoms with Crippen molar-refractivity contribution in [1.82, 2.24) is 5.32 Å². The summed E-state index contributed by atoms with van der Waals surface area (Å²) in [6.07, 6.45) is 12.1. The fourth-order valence-corrected chi connectivity index (χ4v) is 48.8. The van der Waals surface area contributed by atoms with Crippen LogP contribution in [0.2, 0.25) is 114 Å². The van der Waals surface area contributed by atoms with E-state index in [9.17, 15) is 14.4 Å². The first-order valence-corrected chi connectivity index (χ1v) is 46.3. The molecular weight excluding hydrogens is 995 g/mol. The normalized spacial score (nSPS) is 13.8. The van der Waals surface area contributed by atoms with Crippen LogP contribution in [0.3, 0.4) is 0 Å². The minimum atomic E-state index is -1.69. The van der Waals surface area contributed by atoms with E-state index in [1.807, 2.05) is 0 Å². The average molecular weight is 1130 g/mol. The minimum Gasteiger partial charge on any atom is -0.462 e. The molecule has 4 unspecified atom stereocenters. The Balaban J connectivity index is -0.000000287. The summed E-state index contributed by atoms with van der Waals surface area (Å²) in [6, 6.07) is 4.71. The number of nitrogens with one attached hydrogen (secondary N) is 1. The van der Waals surface area contributed by atoms with E-state index >= 15 is 0 Å². The van der Waals surface area contributed by atoms with Gasteiger partial charge in [0.15, 0.2) is 39.1 Å². The highest BCUT2D eigenvalue weighted by molar-refractivity contribution is 6.97. The molecule has 0 aliphatic carbocycles. The van der Waals surface area contributed by atoms with Crippen LogP contribution in [0.4, 0.5) is 0 Å². The van der Waals surface area contributed by atoms with Crippen LogP contribution in [0.1, 0.15) is 156 Å². The number of esters is 1. The van der Waals surface area contributed by atoms with E-state index in [0.29, 0.717) is 48.5 Å². The van der Waals surface area contributed by atoms with E-state index in [-0.39, 0.29) is 47.4 Å². The standard InChI is InChI=1S/C27H58O4Si3.C26H55NO4Si3.4CH4/c1-12-13-19-32(6,7)23-34(10,11)31-33(8,9)20-15-18-29-21-25(4)16-14-17-26(5)22-30-27(28)24(2)3;1-12-13-18-32(6,7)21-34(10,11)31-33(8,9)19-14-17-30-20-23(4)15-16-25(28)24(5)27-26(29)22(2)3;;;;/h25-26H,2,12-23H2,1,3-11H3;23-24H,2,12-21H2,1,3-11H3,(H,27,29);4*1H4. The lowest BCUT2D eigenvalue weighted by molar-refractivity contribution is -0.140. The van der Waals surface area contributed by atoms with Gasteiger partial charge in [-0.25, -0.2) is 4.79 Å². The Hall–Kier alpha value is -0.769. The smallest absolute Gasteiger partial charge is 0.333 e. The SMILES string of the molecule is C.C.C.C.C=C(C)C(=O)NC(C)C(=O)CCC(C)COCCC[Si](C)(C)O[Si](C)(C)C[Si](C)(C)CCCC.C=C(C)C(=O)OCC(C)CCCC(C)COCCC[Si](C)(C)O[Si](C)(C)C[Si](C)(C)CCCC. The number of Topliss-reactive ketones (excluding diaryl/α,β-unsaturated/α-hetero) is 1. The number of carbonyl (C=O) groups is 3. The van der Waals surface area contributed by atoms with Gasteiger partial charge in [-0.3, -0.25) is 9.59 Å². The molecular formula is C57H129NO8Si6. The molecule has 72 heavy (non-hydrogen) atoms. The first-order valence-electron chi connectivity index (χ1n) is 27.0. The van der Waals surface area contributed by atoms with Crippen LogP contribution in [0.5, 0.6) is 0 Å². The predicted molar refractivity (Wildman–Crippen MR) is 337 cm³/mol. The first-order chi connectivity index (χ1) is 31.1. The predicted octanol–water partition coefficient (Wildman–Crippen LogP) is 17.9. The summed E-state index contributed by atoms with van der Waals surface area (Å²) in [5.74, 6) is 0.773. The third-order valence-electron chi connectivity index (χ3n) is 12.6. The molecule has 1 N–H and O–H groups in total. The summed E-state index contributed by atoms with van der Waals surface area (Å²) < 4.78 is 31.0. The summed E-state index contributed by atoms with van der Waals surface area (Å²) in [4.78, 5) is 35.4. The van der Waals surface area contributed by atoms with E-state index in [4.69, 9.17) is 22.4 Å². The Morgan fingerprint density at radius 1 is 0.500 bits per heavy atom. The number of carbonyl (C=O) groups excluding carboxylic acids is 3. The van der Waals surface area contributed by atoms with Crippen LogP contribution in [-0.2, 0) is 36.8 Å². The summed E-state index contributed by atoms with van der Waals surface area (Å²) in [5, 5.41) is 2.69. The zero-order valence-corrected chi connectivity index (χ0v) is 54.5. The van der Waals surface area contributed by atoms with Gasteiger partial charge in [-0.1, -0.05) is 148 Å². The topological polar surface area (TPSA) is 109 Å². The van der Waals surface area contributed by atoms with Gasteiger partial charge in [0.25, 0.3) is 0 Å². The molecule has 4 atom stereocenters. The third kappa shape index (κ3) is 46.5. The van der Waals surface area contributed by atoms with Crippen LogP contribution in [-0.4, -0.2) is 106 Å². The lowest BCUT2D eigenvalue weighted by atomic mass is 9.99. The molecule has 0 radical (unpaired) electrons. The number of unbranched alkanes of at least 4 members (excludes halogenated alkanes) is 2. The van der Waals surface area contributed by atoms with Gasteiger partial charge >= 0.3 is 5.97 Å². The molecule has 0 aliphatic rings. The first kappa shape index (κ1) is 82.6. The van der Waals surface area contributed by atoms with Crippen LogP contribution in [0, 0.1) is 17.8 Å². The highest BCUT2D eigenvalue weighted by Crippen LogP contribution is 2.31. The molecule has 0 saturated carbocycles. The molecule has 0 aliphatic heterocycles. The largest absolute Gasteiger partial charge is 0.462 e. The zero-order valence-electron chi connectivity index (χ0n) is 48.5. The average Bonchev–Trinajstić information content (AvgIpc) is 3.18. The molecule has 9 nitrogen and oxygen atoms in total. The van der Waals surface area contributed by atoms with Gasteiger partial charge in [-0.15, -0.1) is 0 Å². The maximum absolute atomic E-state index is 12.3. The molecule has 0 heterocycles. The van der Waals surface area contributed by atoms with E-state index in [1.165, 1.54) is 55.2 Å². The second-order valence-electron chi connectivity index (χ2n) is 25.1. The number of rotatable bonds is 39. The van der Waals surface area contributed by atoms with Gasteiger partial charge in [-0.05, 0) is 146 Å². The number of ether oxygens (including phenoxy) is 3. The maximum Gasteiger partial charge on any atom is 0.333 e. The second-order valence-corrected chi connectivity index (χ2v) is 54.3. The van der Waals surface area contributed by atoms with Crippen LogP contribution in [0.15, 0.2) is 24.3 Å². The van der Waals surface area contributed by atoms with E-state index in [0.717, 1.165) is 64.4 Å². The Morgan fingerprint density at radius 3 is 1.24 bits per heavy atom. The molecule has 434 valence electrons. The van der Waals surface area contributed by atoms with Crippen molar-refractivity contribution in [2.45, 2.75) is 276 Å². The van der Waals surface area contributed by atoms with Crippen molar-refractivity contribution in [3.8, 4) is 0 Å². The van der Waals surface area contributed by atoms with Crippen molar-refractivity contribution >= 4 is 67.1 Å². The van der Waals surface area contributed by atoms with E-state index < -0.39 is 55.5 Å². The van der Waals surface area contributed by atoms with Crippen LogP contribution < -0.4 is 5.32 Å². The highest BCUT2D eigenvalue weighted by atomic mass is 28.5. The fourth-order valence-electron chi connectivity index (χ4n) is 9.64. The maximum atomic E-state index is 12.3. The summed E-state index contributed by atoms with van der Waals surface area (Å²) in [5.41, 5.74) is 3.63. The molecule has 0 bridgehead atoms. The van der Waals surface area contributed by atoms with Crippen LogP contribution in [0.25, 0.3) is 0 Å². The Bertz CT molecular complexity index is 1450. The monoisotopic (exact) mass is 1120 g/mol. The fraction of sp³-hybridized carbons (Fsp3) is 0.877. The van der Waals surface area contributed by atoms with Gasteiger partial charge < -0.3 is 27.8 Å². The quantitative estimate of drug-likeness (QED) is 0.0281. The Labute approximate surface area is 457 Å². The summed E-state index contributed by atoms with van der Waals surface area (Å²) >= 11 is 0. The third-order valence-corrected chi connectivity index (χ3v) is 42.5. The lowest BCUT2D eigenvalue weighted by Gasteiger charge is -2.38. The van der Waals surface area contributed by atoms with Crippen LogP contribution >= 0.6 is 0 Å². The zero-order chi connectivity index (χ0) is 53.0. The molecule has 0 aromatic rings. The molecule has 0 fully saturated rings. The van der Waals surface area contributed by atoms with Gasteiger partial charge in [0, 0.05) is 60.1 Å². The second kappa shape index (κ2) is 41.3. The number of amides is 1. The summed E-state index contributed by atoms with van der Waals surface area (Å²) in [6.45, 7) is 56.5. The number of ketones is 1. The highest BCUT2D eigenvalue weighted by Gasteiger charge is 2.39. The molecule has 0 aromatic carbocycles. The molecule has 15 heteroatoms. The number of hydrogen-bond donors (Lipinski definition) is 1. The Kier molecular flexibility index (Phi) is 47.4.